The molecule has 1 amide bonds. The van der Waals surface area contributed by atoms with Gasteiger partial charge < -0.3 is 4.90 Å². The van der Waals surface area contributed by atoms with E-state index >= 15 is 0 Å². The van der Waals surface area contributed by atoms with Crippen molar-refractivity contribution < 1.29 is 9.59 Å². The Hall–Kier alpha value is -1.38. The van der Waals surface area contributed by atoms with Crippen molar-refractivity contribution in [3.63, 3.8) is 0 Å². The molecule has 0 aliphatic carbocycles. The lowest BCUT2D eigenvalue weighted by atomic mass is 9.95. The first-order valence-electron chi connectivity index (χ1n) is 6.88. The number of hydrogen-bond acceptors (Lipinski definition) is 2. The van der Waals surface area contributed by atoms with E-state index in [9.17, 15) is 9.59 Å². The summed E-state index contributed by atoms with van der Waals surface area (Å²) >= 11 is 0. The molecule has 19 heavy (non-hydrogen) atoms. The van der Waals surface area contributed by atoms with Gasteiger partial charge in [-0.1, -0.05) is 32.9 Å². The highest BCUT2D eigenvalue weighted by Gasteiger charge is 2.13. The van der Waals surface area contributed by atoms with Crippen LogP contribution >= 0.6 is 0 Å². The zero-order valence-corrected chi connectivity index (χ0v) is 12.8. The van der Waals surface area contributed by atoms with Gasteiger partial charge in [-0.3, -0.25) is 9.59 Å². The Morgan fingerprint density at radius 2 is 1.63 bits per heavy atom. The lowest BCUT2D eigenvalue weighted by Gasteiger charge is -2.17. The fourth-order valence-electron chi connectivity index (χ4n) is 1.96. The number of rotatable bonds is 9. The van der Waals surface area contributed by atoms with E-state index in [1.165, 1.54) is 0 Å². The number of carbonyl (C=O) groups is 2. The van der Waals surface area contributed by atoms with Crippen LogP contribution in [-0.4, -0.2) is 30.2 Å². The van der Waals surface area contributed by atoms with Crippen LogP contribution in [0.5, 0.6) is 0 Å². The van der Waals surface area contributed by atoms with Gasteiger partial charge in [0, 0.05) is 25.1 Å². The number of amides is 1. The second-order valence-electron chi connectivity index (χ2n) is 5.40. The molecule has 108 valence electrons. The van der Waals surface area contributed by atoms with E-state index in [0.29, 0.717) is 11.1 Å². The van der Waals surface area contributed by atoms with Gasteiger partial charge in [-0.15, -0.1) is 0 Å². The summed E-state index contributed by atoms with van der Waals surface area (Å²) in [4.78, 5) is 24.9. The van der Waals surface area contributed by atoms with Crippen molar-refractivity contribution in [2.45, 2.75) is 46.5 Å². The molecule has 3 heteroatoms. The third kappa shape index (κ3) is 6.94. The van der Waals surface area contributed by atoms with E-state index in [-0.39, 0.29) is 17.6 Å². The SMILES string of the molecule is C=C(C)C(=O)C(C)CCCCCN(C)C(=O)C(=C)C. The highest BCUT2D eigenvalue weighted by atomic mass is 16.2. The summed E-state index contributed by atoms with van der Waals surface area (Å²) in [5.74, 6) is 0.229. The molecule has 0 aromatic carbocycles. The quantitative estimate of drug-likeness (QED) is 0.473. The Bertz CT molecular complexity index is 324. The molecule has 0 saturated carbocycles. The maximum absolute atomic E-state index is 11.6. The molecule has 0 aromatic rings. The van der Waals surface area contributed by atoms with Gasteiger partial charge in [0.25, 0.3) is 0 Å². The highest BCUT2D eigenvalue weighted by Crippen LogP contribution is 2.14. The maximum atomic E-state index is 11.6. The molecular formula is C16H27NO2. The van der Waals surface area contributed by atoms with Gasteiger partial charge in [0.1, 0.15) is 0 Å². The monoisotopic (exact) mass is 265 g/mol. The molecule has 1 atom stereocenters. The summed E-state index contributed by atoms with van der Waals surface area (Å²) in [6, 6.07) is 0. The van der Waals surface area contributed by atoms with E-state index in [0.717, 1.165) is 32.2 Å². The number of allylic oxidation sites excluding steroid dienone is 1. The third-order valence-corrected chi connectivity index (χ3v) is 3.21. The van der Waals surface area contributed by atoms with Gasteiger partial charge in [0.15, 0.2) is 5.78 Å². The van der Waals surface area contributed by atoms with Crippen LogP contribution in [0.2, 0.25) is 0 Å². The van der Waals surface area contributed by atoms with Crippen molar-refractivity contribution in [3.8, 4) is 0 Å². The van der Waals surface area contributed by atoms with Crippen molar-refractivity contribution in [1.82, 2.24) is 4.90 Å². The van der Waals surface area contributed by atoms with E-state index < -0.39 is 0 Å². The summed E-state index contributed by atoms with van der Waals surface area (Å²) < 4.78 is 0. The minimum absolute atomic E-state index is 0.00540. The normalized spacial score (nSPS) is 11.8. The molecule has 0 rings (SSSR count). The zero-order chi connectivity index (χ0) is 15.0. The molecule has 0 aromatic heterocycles. The standard InChI is InChI=1S/C16H27NO2/c1-12(2)15(18)14(5)10-8-7-9-11-17(6)16(19)13(3)4/h14H,1,3,7-11H2,2,4-6H3. The van der Waals surface area contributed by atoms with Crippen LogP contribution in [0.1, 0.15) is 46.5 Å². The maximum Gasteiger partial charge on any atom is 0.248 e. The predicted octanol–water partition coefficient (Wildman–Crippen LogP) is 3.36. The highest BCUT2D eigenvalue weighted by molar-refractivity contribution is 5.95. The van der Waals surface area contributed by atoms with Crippen LogP contribution < -0.4 is 0 Å². The topological polar surface area (TPSA) is 37.4 Å². The van der Waals surface area contributed by atoms with Crippen molar-refractivity contribution in [2.75, 3.05) is 13.6 Å². The summed E-state index contributed by atoms with van der Waals surface area (Å²) in [6.07, 6.45) is 3.89. The number of Topliss-reactive ketones (excluding diaryl/α,β-unsaturated/α-hetero) is 1. The van der Waals surface area contributed by atoms with Crippen molar-refractivity contribution in [1.29, 1.82) is 0 Å². The van der Waals surface area contributed by atoms with Crippen LogP contribution in [0.3, 0.4) is 0 Å². The van der Waals surface area contributed by atoms with E-state index in [1.807, 2.05) is 6.92 Å². The smallest absolute Gasteiger partial charge is 0.248 e. The zero-order valence-electron chi connectivity index (χ0n) is 12.8. The van der Waals surface area contributed by atoms with Crippen LogP contribution in [0.25, 0.3) is 0 Å². The number of hydrogen-bond donors (Lipinski definition) is 0. The number of carbonyl (C=O) groups excluding carboxylic acids is 2. The molecule has 0 N–H and O–H groups in total. The first-order chi connectivity index (χ1) is 8.77. The number of likely N-dealkylation sites (N-methyl/N-ethyl adjacent to an activating group) is 1. The number of unbranched alkanes of at least 4 members (excludes halogenated alkanes) is 2. The molecule has 0 radical (unpaired) electrons. The lowest BCUT2D eigenvalue weighted by Crippen LogP contribution is -2.28. The average molecular weight is 265 g/mol. The average Bonchev–Trinajstić information content (AvgIpc) is 2.35. The van der Waals surface area contributed by atoms with Crippen molar-refractivity contribution >= 4 is 11.7 Å². The summed E-state index contributed by atoms with van der Waals surface area (Å²) in [6.45, 7) is 13.5. The van der Waals surface area contributed by atoms with Crippen molar-refractivity contribution in [2.24, 2.45) is 5.92 Å². The predicted molar refractivity (Wildman–Crippen MR) is 79.9 cm³/mol. The molecule has 0 fully saturated rings. The third-order valence-electron chi connectivity index (χ3n) is 3.21. The molecule has 0 spiro atoms. The van der Waals surface area contributed by atoms with Gasteiger partial charge in [-0.05, 0) is 32.3 Å². The molecule has 3 nitrogen and oxygen atoms in total. The van der Waals surface area contributed by atoms with Crippen LogP contribution in [0.4, 0.5) is 0 Å². The first-order valence-corrected chi connectivity index (χ1v) is 6.88. The molecular weight excluding hydrogens is 238 g/mol. The van der Waals surface area contributed by atoms with Crippen molar-refractivity contribution in [3.05, 3.63) is 24.3 Å². The Balaban J connectivity index is 3.77. The van der Waals surface area contributed by atoms with Crippen LogP contribution in [0, 0.1) is 5.92 Å². The Morgan fingerprint density at radius 3 is 2.11 bits per heavy atom. The van der Waals surface area contributed by atoms with Crippen LogP contribution in [-0.2, 0) is 9.59 Å². The first kappa shape index (κ1) is 17.6. The molecule has 0 saturated heterocycles. The van der Waals surface area contributed by atoms with Gasteiger partial charge in [0.05, 0.1) is 0 Å². The fourth-order valence-corrected chi connectivity index (χ4v) is 1.96. The molecule has 0 bridgehead atoms. The molecule has 0 heterocycles. The minimum Gasteiger partial charge on any atom is -0.342 e. The van der Waals surface area contributed by atoms with E-state index in [2.05, 4.69) is 13.2 Å². The minimum atomic E-state index is 0.00540. The lowest BCUT2D eigenvalue weighted by molar-refractivity contribution is -0.125. The summed E-state index contributed by atoms with van der Waals surface area (Å²) in [5, 5.41) is 0. The summed E-state index contributed by atoms with van der Waals surface area (Å²) in [7, 11) is 1.80. The summed E-state index contributed by atoms with van der Waals surface area (Å²) in [5.41, 5.74) is 1.21. The van der Waals surface area contributed by atoms with E-state index in [1.54, 1.807) is 25.8 Å². The van der Waals surface area contributed by atoms with Gasteiger partial charge in [0.2, 0.25) is 5.91 Å². The largest absolute Gasteiger partial charge is 0.342 e. The van der Waals surface area contributed by atoms with Crippen LogP contribution in [0.15, 0.2) is 24.3 Å². The Morgan fingerprint density at radius 1 is 1.05 bits per heavy atom. The molecule has 0 aliphatic rings. The fraction of sp³-hybridized carbons (Fsp3) is 0.625. The van der Waals surface area contributed by atoms with Gasteiger partial charge in [-0.25, -0.2) is 0 Å². The molecule has 1 unspecified atom stereocenters. The number of nitrogens with zero attached hydrogens (tertiary/aromatic N) is 1. The Kier molecular flexibility index (Phi) is 8.05. The van der Waals surface area contributed by atoms with Gasteiger partial charge >= 0.3 is 0 Å². The number of ketones is 1. The molecule has 0 aliphatic heterocycles. The van der Waals surface area contributed by atoms with E-state index in [4.69, 9.17) is 0 Å². The van der Waals surface area contributed by atoms with Gasteiger partial charge in [-0.2, -0.15) is 0 Å². The second-order valence-corrected chi connectivity index (χ2v) is 5.40. The Labute approximate surface area is 117 Å². The second kappa shape index (κ2) is 8.68.